The fraction of sp³-hybridized carbons (Fsp3) is 0.391. The van der Waals surface area contributed by atoms with Crippen LogP contribution in [-0.4, -0.2) is 45.3 Å². The zero-order valence-corrected chi connectivity index (χ0v) is 16.2. The fourth-order valence-electron chi connectivity index (χ4n) is 4.21. The molecule has 1 N–H and O–H groups in total. The second-order valence-corrected chi connectivity index (χ2v) is 8.04. The number of hydrogen-bond donors (Lipinski definition) is 1. The van der Waals surface area contributed by atoms with Gasteiger partial charge in [0.1, 0.15) is 0 Å². The number of nitrogens with zero attached hydrogens (tertiary/aromatic N) is 4. The Bertz CT molecular complexity index is 901. The Morgan fingerprint density at radius 3 is 2.71 bits per heavy atom. The van der Waals surface area contributed by atoms with Crippen LogP contribution in [0.2, 0.25) is 0 Å². The van der Waals surface area contributed by atoms with E-state index in [9.17, 15) is 0 Å². The van der Waals surface area contributed by atoms with Gasteiger partial charge in [0.25, 0.3) is 0 Å². The van der Waals surface area contributed by atoms with Crippen molar-refractivity contribution in [2.45, 2.75) is 31.8 Å². The predicted molar refractivity (Wildman–Crippen MR) is 111 cm³/mol. The summed E-state index contributed by atoms with van der Waals surface area (Å²) in [6.45, 7) is 4.45. The van der Waals surface area contributed by atoms with E-state index in [1.807, 2.05) is 35.1 Å². The van der Waals surface area contributed by atoms with E-state index in [0.29, 0.717) is 0 Å². The highest BCUT2D eigenvalue weighted by Gasteiger charge is 2.34. The van der Waals surface area contributed by atoms with Crippen molar-refractivity contribution in [3.8, 4) is 16.9 Å². The molecule has 2 aliphatic rings. The first-order valence-electron chi connectivity index (χ1n) is 10.4. The van der Waals surface area contributed by atoms with Gasteiger partial charge in [0.15, 0.2) is 0 Å². The molecule has 5 heteroatoms. The van der Waals surface area contributed by atoms with Gasteiger partial charge in [0.2, 0.25) is 0 Å². The SMILES string of the molecule is c1ccc(-n2cc(CNCC3CCN(C4CC4)C3)c(-c3cccnc3)n2)cc1. The van der Waals surface area contributed by atoms with Gasteiger partial charge in [-0.1, -0.05) is 18.2 Å². The molecule has 1 aliphatic heterocycles. The molecule has 2 fully saturated rings. The van der Waals surface area contributed by atoms with Crippen molar-refractivity contribution in [3.05, 3.63) is 66.6 Å². The zero-order chi connectivity index (χ0) is 18.8. The van der Waals surface area contributed by atoms with Crippen LogP contribution in [0.15, 0.2) is 61.1 Å². The third-order valence-electron chi connectivity index (χ3n) is 5.87. The molecule has 3 aromatic rings. The molecule has 1 unspecified atom stereocenters. The molecule has 0 spiro atoms. The number of rotatable bonds is 7. The highest BCUT2D eigenvalue weighted by atomic mass is 15.3. The largest absolute Gasteiger partial charge is 0.312 e. The van der Waals surface area contributed by atoms with Crippen LogP contribution in [0.5, 0.6) is 0 Å². The van der Waals surface area contributed by atoms with E-state index in [1.54, 1.807) is 6.20 Å². The van der Waals surface area contributed by atoms with Crippen LogP contribution in [-0.2, 0) is 6.54 Å². The summed E-state index contributed by atoms with van der Waals surface area (Å²) < 4.78 is 1.98. The van der Waals surface area contributed by atoms with Crippen molar-refractivity contribution < 1.29 is 0 Å². The molecule has 28 heavy (non-hydrogen) atoms. The van der Waals surface area contributed by atoms with Crippen LogP contribution < -0.4 is 5.32 Å². The molecule has 1 aromatic carbocycles. The molecular formula is C23H27N5. The van der Waals surface area contributed by atoms with Crippen molar-refractivity contribution in [2.75, 3.05) is 19.6 Å². The summed E-state index contributed by atoms with van der Waals surface area (Å²) >= 11 is 0. The Labute approximate surface area is 166 Å². The first-order chi connectivity index (χ1) is 13.9. The summed E-state index contributed by atoms with van der Waals surface area (Å²) in [5, 5.41) is 8.57. The van der Waals surface area contributed by atoms with Gasteiger partial charge in [-0.15, -0.1) is 0 Å². The number of benzene rings is 1. The first kappa shape index (κ1) is 17.6. The van der Waals surface area contributed by atoms with Gasteiger partial charge in [-0.25, -0.2) is 4.68 Å². The molecule has 0 amide bonds. The molecule has 1 aliphatic carbocycles. The van der Waals surface area contributed by atoms with E-state index < -0.39 is 0 Å². The van der Waals surface area contributed by atoms with Crippen molar-refractivity contribution in [3.63, 3.8) is 0 Å². The Morgan fingerprint density at radius 1 is 1.04 bits per heavy atom. The lowest BCUT2D eigenvalue weighted by molar-refractivity contribution is 0.312. The van der Waals surface area contributed by atoms with Crippen molar-refractivity contribution >= 4 is 0 Å². The standard InChI is InChI=1S/C23H27N5/c1-2-6-22(7-3-1)28-17-20(23(26-28)19-5-4-11-24-14-19)15-25-13-18-10-12-27(16-18)21-8-9-21/h1-7,11,14,17-18,21,25H,8-10,12-13,15-16H2. The molecule has 144 valence electrons. The topological polar surface area (TPSA) is 46.0 Å². The molecule has 1 atom stereocenters. The number of likely N-dealkylation sites (tertiary alicyclic amines) is 1. The van der Waals surface area contributed by atoms with E-state index >= 15 is 0 Å². The van der Waals surface area contributed by atoms with Crippen molar-refractivity contribution in [1.82, 2.24) is 25.0 Å². The molecule has 2 aromatic heterocycles. The second-order valence-electron chi connectivity index (χ2n) is 8.04. The van der Waals surface area contributed by atoms with Crippen molar-refractivity contribution in [1.29, 1.82) is 0 Å². The summed E-state index contributed by atoms with van der Waals surface area (Å²) in [4.78, 5) is 6.96. The molecule has 5 nitrogen and oxygen atoms in total. The van der Waals surface area contributed by atoms with Crippen LogP contribution in [0.1, 0.15) is 24.8 Å². The third-order valence-corrected chi connectivity index (χ3v) is 5.87. The quantitative estimate of drug-likeness (QED) is 0.688. The molecular weight excluding hydrogens is 346 g/mol. The molecule has 0 radical (unpaired) electrons. The summed E-state index contributed by atoms with van der Waals surface area (Å²) in [6, 6.07) is 15.2. The molecule has 1 saturated carbocycles. The van der Waals surface area contributed by atoms with Gasteiger partial charge in [-0.3, -0.25) is 4.98 Å². The van der Waals surface area contributed by atoms with Gasteiger partial charge >= 0.3 is 0 Å². The molecule has 3 heterocycles. The Hall–Kier alpha value is -2.50. The average molecular weight is 374 g/mol. The van der Waals surface area contributed by atoms with Crippen LogP contribution in [0.4, 0.5) is 0 Å². The van der Waals surface area contributed by atoms with Gasteiger partial charge in [-0.2, -0.15) is 5.10 Å². The summed E-state index contributed by atoms with van der Waals surface area (Å²) in [5.41, 5.74) is 4.37. The second kappa shape index (κ2) is 7.86. The highest BCUT2D eigenvalue weighted by Crippen LogP contribution is 2.31. The highest BCUT2D eigenvalue weighted by molar-refractivity contribution is 5.62. The minimum Gasteiger partial charge on any atom is -0.312 e. The number of hydrogen-bond acceptors (Lipinski definition) is 4. The van der Waals surface area contributed by atoms with E-state index in [-0.39, 0.29) is 0 Å². The van der Waals surface area contributed by atoms with Crippen LogP contribution in [0.25, 0.3) is 16.9 Å². The zero-order valence-electron chi connectivity index (χ0n) is 16.2. The minimum atomic E-state index is 0.770. The lowest BCUT2D eigenvalue weighted by Gasteiger charge is -2.15. The first-order valence-corrected chi connectivity index (χ1v) is 10.4. The summed E-state index contributed by atoms with van der Waals surface area (Å²) in [6.07, 6.45) is 9.99. The molecule has 5 rings (SSSR count). The summed E-state index contributed by atoms with van der Waals surface area (Å²) in [7, 11) is 0. The van der Waals surface area contributed by atoms with Crippen LogP contribution in [0.3, 0.4) is 0 Å². The number of nitrogens with one attached hydrogen (secondary N) is 1. The lowest BCUT2D eigenvalue weighted by Crippen LogP contribution is -2.27. The third kappa shape index (κ3) is 3.86. The Kier molecular flexibility index (Phi) is 4.93. The van der Waals surface area contributed by atoms with E-state index in [1.165, 1.54) is 37.9 Å². The van der Waals surface area contributed by atoms with Gasteiger partial charge in [0, 0.05) is 48.8 Å². The van der Waals surface area contributed by atoms with Gasteiger partial charge in [0.05, 0.1) is 11.4 Å². The maximum Gasteiger partial charge on any atom is 0.0988 e. The monoisotopic (exact) mass is 373 g/mol. The summed E-state index contributed by atoms with van der Waals surface area (Å²) in [5.74, 6) is 0.770. The lowest BCUT2D eigenvalue weighted by atomic mass is 10.1. The number of aromatic nitrogens is 3. The molecule has 1 saturated heterocycles. The van der Waals surface area contributed by atoms with Crippen LogP contribution >= 0.6 is 0 Å². The maximum absolute atomic E-state index is 4.87. The minimum absolute atomic E-state index is 0.770. The maximum atomic E-state index is 4.87. The smallest absolute Gasteiger partial charge is 0.0988 e. The van der Waals surface area contributed by atoms with Gasteiger partial charge < -0.3 is 10.2 Å². The van der Waals surface area contributed by atoms with E-state index in [0.717, 1.165) is 42.0 Å². The number of pyridine rings is 1. The Morgan fingerprint density at radius 2 is 1.93 bits per heavy atom. The normalized spacial score (nSPS) is 19.9. The van der Waals surface area contributed by atoms with Crippen molar-refractivity contribution in [2.24, 2.45) is 5.92 Å². The van der Waals surface area contributed by atoms with Crippen LogP contribution in [0, 0.1) is 5.92 Å². The fourth-order valence-corrected chi connectivity index (χ4v) is 4.21. The average Bonchev–Trinajstić information content (AvgIpc) is 3.34. The van der Waals surface area contributed by atoms with E-state index in [2.05, 4.69) is 39.6 Å². The van der Waals surface area contributed by atoms with E-state index in [4.69, 9.17) is 5.10 Å². The predicted octanol–water partition coefficient (Wildman–Crippen LogP) is 3.51. The molecule has 0 bridgehead atoms. The Balaban J connectivity index is 1.30. The van der Waals surface area contributed by atoms with Gasteiger partial charge in [-0.05, 0) is 62.5 Å². The number of para-hydroxylation sites is 1.